The van der Waals surface area contributed by atoms with Crippen LogP contribution in [0.1, 0.15) is 64.2 Å². The molecule has 0 atom stereocenters. The number of halogens is 1. The molecule has 3 aromatic carbocycles. The molecule has 0 amide bonds. The fourth-order valence-corrected chi connectivity index (χ4v) is 6.10. The van der Waals surface area contributed by atoms with E-state index < -0.39 is 0 Å². The van der Waals surface area contributed by atoms with Crippen LogP contribution in [-0.2, 0) is 0 Å². The van der Waals surface area contributed by atoms with Crippen LogP contribution in [0, 0.1) is 0 Å². The van der Waals surface area contributed by atoms with Gasteiger partial charge in [-0.1, -0.05) is 86.5 Å². The van der Waals surface area contributed by atoms with Crippen LogP contribution in [0.15, 0.2) is 78.9 Å². The van der Waals surface area contributed by atoms with Gasteiger partial charge in [-0.25, -0.2) is 0 Å². The predicted molar refractivity (Wildman–Crippen MR) is 142 cm³/mol. The lowest BCUT2D eigenvalue weighted by Crippen LogP contribution is -2.45. The second kappa shape index (κ2) is 10.7. The second-order valence-electron chi connectivity index (χ2n) is 9.67. The highest BCUT2D eigenvalue weighted by atomic mass is 35.5. The first kappa shape index (κ1) is 22.3. The molecule has 2 nitrogen and oxygen atoms in total. The Morgan fingerprint density at radius 2 is 0.970 bits per heavy atom. The summed E-state index contributed by atoms with van der Waals surface area (Å²) in [5.74, 6) is 0. The van der Waals surface area contributed by atoms with Crippen molar-refractivity contribution in [3.8, 4) is 0 Å². The van der Waals surface area contributed by atoms with Gasteiger partial charge < -0.3 is 9.80 Å². The molecule has 0 radical (unpaired) electrons. The normalized spacial score (nSPS) is 17.6. The molecule has 172 valence electrons. The summed E-state index contributed by atoms with van der Waals surface area (Å²) >= 11 is 6.84. The van der Waals surface area contributed by atoms with Crippen LogP contribution in [0.25, 0.3) is 0 Å². The van der Waals surface area contributed by atoms with E-state index in [-0.39, 0.29) is 0 Å². The highest BCUT2D eigenvalue weighted by Crippen LogP contribution is 2.41. The number of rotatable bonds is 6. The van der Waals surface area contributed by atoms with Crippen LogP contribution in [0.3, 0.4) is 0 Å². The van der Waals surface area contributed by atoms with Gasteiger partial charge in [-0.2, -0.15) is 0 Å². The third-order valence-electron chi connectivity index (χ3n) is 7.39. The van der Waals surface area contributed by atoms with E-state index in [0.29, 0.717) is 12.1 Å². The van der Waals surface area contributed by atoms with Gasteiger partial charge in [-0.05, 0) is 68.1 Å². The Labute approximate surface area is 204 Å². The molecule has 3 aromatic rings. The monoisotopic (exact) mass is 458 g/mol. The Hall–Kier alpha value is -2.45. The average Bonchev–Trinajstić information content (AvgIpc) is 2.87. The topological polar surface area (TPSA) is 6.48 Å². The molecule has 0 aromatic heterocycles. The minimum Gasteiger partial charge on any atom is -0.365 e. The molecular weight excluding hydrogens is 424 g/mol. The summed E-state index contributed by atoms with van der Waals surface area (Å²) in [5.41, 5.74) is 4.73. The number of hydrogen-bond donors (Lipinski definition) is 0. The lowest BCUT2D eigenvalue weighted by Gasteiger charge is -2.44. The van der Waals surface area contributed by atoms with E-state index >= 15 is 0 Å². The Balaban J connectivity index is 1.58. The molecule has 0 bridgehead atoms. The van der Waals surface area contributed by atoms with Crippen molar-refractivity contribution >= 4 is 34.4 Å². The van der Waals surface area contributed by atoms with Gasteiger partial charge in [0.2, 0.25) is 0 Å². The van der Waals surface area contributed by atoms with Crippen LogP contribution in [0.5, 0.6) is 0 Å². The van der Waals surface area contributed by atoms with Crippen LogP contribution < -0.4 is 9.80 Å². The summed E-state index contributed by atoms with van der Waals surface area (Å²) in [6, 6.07) is 29.2. The zero-order valence-electron chi connectivity index (χ0n) is 19.5. The van der Waals surface area contributed by atoms with Crippen molar-refractivity contribution < 1.29 is 0 Å². The molecule has 2 fully saturated rings. The largest absolute Gasteiger partial charge is 0.365 e. The van der Waals surface area contributed by atoms with E-state index in [9.17, 15) is 0 Å². The van der Waals surface area contributed by atoms with Crippen molar-refractivity contribution in [1.29, 1.82) is 0 Å². The molecule has 3 heteroatoms. The van der Waals surface area contributed by atoms with Crippen LogP contribution in [-0.4, -0.2) is 12.1 Å². The minimum atomic E-state index is 0.634. The van der Waals surface area contributed by atoms with Crippen LogP contribution in [0.2, 0.25) is 5.02 Å². The first-order valence-electron chi connectivity index (χ1n) is 12.8. The number of nitrogens with zero attached hydrogens (tertiary/aromatic N) is 2. The smallest absolute Gasteiger partial charge is 0.0497 e. The molecule has 0 N–H and O–H groups in total. The lowest BCUT2D eigenvalue weighted by atomic mass is 9.88. The highest BCUT2D eigenvalue weighted by Gasteiger charge is 2.30. The minimum absolute atomic E-state index is 0.634. The summed E-state index contributed by atoms with van der Waals surface area (Å²) in [7, 11) is 0. The van der Waals surface area contributed by atoms with Gasteiger partial charge in [0, 0.05) is 39.9 Å². The summed E-state index contributed by atoms with van der Waals surface area (Å²) in [5, 5.41) is 0.816. The molecule has 2 aliphatic carbocycles. The van der Waals surface area contributed by atoms with Crippen molar-refractivity contribution in [2.75, 3.05) is 9.80 Å². The number of hydrogen-bond acceptors (Lipinski definition) is 2. The SMILES string of the molecule is Clc1cc(N(c2ccccc2)c2ccccc2)cc(N(C2CCCCC2)C2CCCCC2)c1. The van der Waals surface area contributed by atoms with Gasteiger partial charge in [-0.15, -0.1) is 0 Å². The van der Waals surface area contributed by atoms with Crippen molar-refractivity contribution in [1.82, 2.24) is 0 Å². The van der Waals surface area contributed by atoms with Crippen LogP contribution >= 0.6 is 11.6 Å². The average molecular weight is 459 g/mol. The molecule has 0 saturated heterocycles. The third-order valence-corrected chi connectivity index (χ3v) is 7.61. The zero-order chi connectivity index (χ0) is 22.5. The number of para-hydroxylation sites is 2. The van der Waals surface area contributed by atoms with Crippen molar-refractivity contribution in [3.05, 3.63) is 83.9 Å². The molecule has 0 heterocycles. The van der Waals surface area contributed by atoms with Crippen molar-refractivity contribution in [2.45, 2.75) is 76.3 Å². The van der Waals surface area contributed by atoms with Gasteiger partial charge in [0.15, 0.2) is 0 Å². The fourth-order valence-electron chi connectivity index (χ4n) is 5.88. The maximum atomic E-state index is 6.84. The summed E-state index contributed by atoms with van der Waals surface area (Å²) in [6.07, 6.45) is 13.4. The first-order chi connectivity index (χ1) is 16.3. The Bertz CT molecular complexity index is 950. The van der Waals surface area contributed by atoms with E-state index in [4.69, 9.17) is 11.6 Å². The molecule has 5 rings (SSSR count). The van der Waals surface area contributed by atoms with Gasteiger partial charge in [-0.3, -0.25) is 0 Å². The van der Waals surface area contributed by atoms with Crippen molar-refractivity contribution in [3.63, 3.8) is 0 Å². The molecule has 33 heavy (non-hydrogen) atoms. The van der Waals surface area contributed by atoms with E-state index in [1.165, 1.54) is 69.9 Å². The number of anilines is 4. The quantitative estimate of drug-likeness (QED) is 0.363. The van der Waals surface area contributed by atoms with Crippen molar-refractivity contribution in [2.24, 2.45) is 0 Å². The summed E-state index contributed by atoms with van der Waals surface area (Å²) in [6.45, 7) is 0. The van der Waals surface area contributed by atoms with E-state index in [1.54, 1.807) is 0 Å². The molecular formula is C30H35ClN2. The molecule has 2 aliphatic rings. The Morgan fingerprint density at radius 3 is 1.45 bits per heavy atom. The summed E-state index contributed by atoms with van der Waals surface area (Å²) in [4.78, 5) is 5.11. The molecule has 0 spiro atoms. The van der Waals surface area contributed by atoms with Crippen LogP contribution in [0.4, 0.5) is 22.7 Å². The van der Waals surface area contributed by atoms with E-state index in [1.807, 2.05) is 0 Å². The Morgan fingerprint density at radius 1 is 0.515 bits per heavy atom. The standard InChI is InChI=1S/C30H35ClN2/c31-24-21-29(32(25-13-5-1-6-14-25)26-15-7-2-8-16-26)23-30(22-24)33(27-17-9-3-10-18-27)28-19-11-4-12-20-28/h1-2,5-8,13-16,21-23,27-28H,3-4,9-12,17-20H2. The lowest BCUT2D eigenvalue weighted by molar-refractivity contribution is 0.340. The molecule has 0 aliphatic heterocycles. The summed E-state index contributed by atoms with van der Waals surface area (Å²) < 4.78 is 0. The highest BCUT2D eigenvalue weighted by molar-refractivity contribution is 6.31. The van der Waals surface area contributed by atoms with Gasteiger partial charge in [0.05, 0.1) is 0 Å². The predicted octanol–water partition coefficient (Wildman–Crippen LogP) is 9.28. The van der Waals surface area contributed by atoms with E-state index in [2.05, 4.69) is 88.7 Å². The van der Waals surface area contributed by atoms with Gasteiger partial charge in [0.1, 0.15) is 0 Å². The molecule has 2 saturated carbocycles. The number of benzene rings is 3. The second-order valence-corrected chi connectivity index (χ2v) is 10.1. The third kappa shape index (κ3) is 5.22. The van der Waals surface area contributed by atoms with Gasteiger partial charge >= 0.3 is 0 Å². The first-order valence-corrected chi connectivity index (χ1v) is 13.2. The van der Waals surface area contributed by atoms with E-state index in [0.717, 1.165) is 22.1 Å². The maximum Gasteiger partial charge on any atom is 0.0497 e. The van der Waals surface area contributed by atoms with Gasteiger partial charge in [0.25, 0.3) is 0 Å². The Kier molecular flexibility index (Phi) is 7.21. The fraction of sp³-hybridized carbons (Fsp3) is 0.400. The molecule has 0 unspecified atom stereocenters. The maximum absolute atomic E-state index is 6.84. The zero-order valence-corrected chi connectivity index (χ0v) is 20.3.